The number of nitrogens with one attached hydrogen (secondary N) is 1. The fraction of sp³-hybridized carbons (Fsp3) is 0.143. The van der Waals surface area contributed by atoms with Crippen LogP contribution in [0.1, 0.15) is 5.56 Å². The minimum atomic E-state index is -0.197. The summed E-state index contributed by atoms with van der Waals surface area (Å²) < 4.78 is 14.7. The fourth-order valence-electron chi connectivity index (χ4n) is 1.83. The first-order valence-electron chi connectivity index (χ1n) is 5.40. The highest BCUT2D eigenvalue weighted by molar-refractivity contribution is 9.10. The van der Waals surface area contributed by atoms with E-state index in [0.717, 1.165) is 22.1 Å². The Labute approximate surface area is 109 Å². The molecule has 2 aromatic rings. The fourth-order valence-corrected chi connectivity index (χ4v) is 2.19. The lowest BCUT2D eigenvalue weighted by Gasteiger charge is -2.10. The van der Waals surface area contributed by atoms with Crippen molar-refractivity contribution >= 4 is 15.9 Å². The average Bonchev–Trinajstić information content (AvgIpc) is 2.34. The van der Waals surface area contributed by atoms with Gasteiger partial charge in [0.15, 0.2) is 0 Å². The van der Waals surface area contributed by atoms with E-state index in [4.69, 9.17) is 0 Å². The molecule has 0 bridgehead atoms. The molecule has 0 fully saturated rings. The van der Waals surface area contributed by atoms with Crippen LogP contribution in [0.3, 0.4) is 0 Å². The molecule has 0 spiro atoms. The van der Waals surface area contributed by atoms with E-state index in [1.807, 2.05) is 37.4 Å². The number of hydrogen-bond donors (Lipinski definition) is 1. The van der Waals surface area contributed by atoms with Gasteiger partial charge < -0.3 is 5.32 Å². The highest BCUT2D eigenvalue weighted by Crippen LogP contribution is 2.28. The average molecular weight is 294 g/mol. The van der Waals surface area contributed by atoms with Crippen LogP contribution in [0.5, 0.6) is 0 Å². The molecule has 1 nitrogen and oxygen atoms in total. The molecule has 0 heterocycles. The second-order valence-electron chi connectivity index (χ2n) is 3.81. The Balaban J connectivity index is 2.55. The zero-order chi connectivity index (χ0) is 12.3. The predicted octanol–water partition coefficient (Wildman–Crippen LogP) is 3.97. The molecule has 3 heteroatoms. The monoisotopic (exact) mass is 293 g/mol. The highest BCUT2D eigenvalue weighted by Gasteiger charge is 2.09. The summed E-state index contributed by atoms with van der Waals surface area (Å²) in [7, 11) is 1.88. The molecule has 0 aliphatic rings. The van der Waals surface area contributed by atoms with Gasteiger partial charge in [-0.05, 0) is 36.4 Å². The lowest BCUT2D eigenvalue weighted by atomic mass is 9.99. The summed E-state index contributed by atoms with van der Waals surface area (Å²) in [4.78, 5) is 0. The van der Waals surface area contributed by atoms with Gasteiger partial charge in [-0.25, -0.2) is 4.39 Å². The smallest absolute Gasteiger partial charge is 0.131 e. The highest BCUT2D eigenvalue weighted by atomic mass is 79.9. The van der Waals surface area contributed by atoms with Crippen LogP contribution in [0, 0.1) is 5.82 Å². The molecule has 0 saturated heterocycles. The Bertz CT molecular complexity index is 525. The number of rotatable bonds is 3. The summed E-state index contributed by atoms with van der Waals surface area (Å²) in [6.07, 6.45) is 0. The second kappa shape index (κ2) is 5.43. The summed E-state index contributed by atoms with van der Waals surface area (Å²) in [5, 5.41) is 3.09. The molecule has 0 unspecified atom stereocenters. The molecule has 0 aliphatic heterocycles. The van der Waals surface area contributed by atoms with Gasteiger partial charge in [-0.1, -0.05) is 40.2 Å². The number of benzene rings is 2. The van der Waals surface area contributed by atoms with Crippen molar-refractivity contribution in [1.82, 2.24) is 5.32 Å². The van der Waals surface area contributed by atoms with Gasteiger partial charge in [0.25, 0.3) is 0 Å². The lowest BCUT2D eigenvalue weighted by molar-refractivity contribution is 0.630. The zero-order valence-electron chi connectivity index (χ0n) is 9.50. The van der Waals surface area contributed by atoms with E-state index in [2.05, 4.69) is 21.2 Å². The van der Waals surface area contributed by atoms with Crippen LogP contribution in [0.25, 0.3) is 11.1 Å². The van der Waals surface area contributed by atoms with E-state index in [9.17, 15) is 4.39 Å². The van der Waals surface area contributed by atoms with Crippen molar-refractivity contribution in [3.63, 3.8) is 0 Å². The van der Waals surface area contributed by atoms with Gasteiger partial charge >= 0.3 is 0 Å². The van der Waals surface area contributed by atoms with Crippen molar-refractivity contribution in [3.05, 3.63) is 58.3 Å². The summed E-state index contributed by atoms with van der Waals surface area (Å²) in [6.45, 7) is 0.724. The van der Waals surface area contributed by atoms with Gasteiger partial charge in [-0.2, -0.15) is 0 Å². The summed E-state index contributed by atoms with van der Waals surface area (Å²) in [5.41, 5.74) is 2.65. The molecule has 17 heavy (non-hydrogen) atoms. The Hall–Kier alpha value is -1.19. The Morgan fingerprint density at radius 1 is 1.12 bits per heavy atom. The van der Waals surface area contributed by atoms with Gasteiger partial charge in [0, 0.05) is 16.6 Å². The van der Waals surface area contributed by atoms with E-state index in [1.54, 1.807) is 6.07 Å². The summed E-state index contributed by atoms with van der Waals surface area (Å²) >= 11 is 3.37. The minimum Gasteiger partial charge on any atom is -0.316 e. The molecule has 0 atom stereocenters. The quantitative estimate of drug-likeness (QED) is 0.903. The van der Waals surface area contributed by atoms with Gasteiger partial charge in [0.05, 0.1) is 0 Å². The Morgan fingerprint density at radius 3 is 2.65 bits per heavy atom. The normalized spacial score (nSPS) is 10.5. The van der Waals surface area contributed by atoms with Crippen molar-refractivity contribution in [2.75, 3.05) is 7.05 Å². The van der Waals surface area contributed by atoms with Crippen molar-refractivity contribution in [1.29, 1.82) is 0 Å². The van der Waals surface area contributed by atoms with E-state index in [-0.39, 0.29) is 5.82 Å². The molecule has 88 valence electrons. The predicted molar refractivity (Wildman–Crippen MR) is 72.3 cm³/mol. The van der Waals surface area contributed by atoms with E-state index >= 15 is 0 Å². The van der Waals surface area contributed by atoms with Gasteiger partial charge in [0.1, 0.15) is 5.82 Å². The van der Waals surface area contributed by atoms with E-state index in [0.29, 0.717) is 5.56 Å². The van der Waals surface area contributed by atoms with Crippen molar-refractivity contribution in [2.45, 2.75) is 6.54 Å². The summed E-state index contributed by atoms with van der Waals surface area (Å²) in [5.74, 6) is -0.197. The van der Waals surface area contributed by atoms with Crippen molar-refractivity contribution in [2.24, 2.45) is 0 Å². The van der Waals surface area contributed by atoms with Gasteiger partial charge in [-0.15, -0.1) is 0 Å². The zero-order valence-corrected chi connectivity index (χ0v) is 11.1. The maximum Gasteiger partial charge on any atom is 0.131 e. The molecular weight excluding hydrogens is 281 g/mol. The third kappa shape index (κ3) is 2.73. The third-order valence-corrected chi connectivity index (χ3v) is 3.10. The molecule has 0 aromatic heterocycles. The molecular formula is C14H13BrFN. The van der Waals surface area contributed by atoms with Crippen molar-refractivity contribution < 1.29 is 4.39 Å². The van der Waals surface area contributed by atoms with Crippen LogP contribution in [0.4, 0.5) is 4.39 Å². The second-order valence-corrected chi connectivity index (χ2v) is 4.73. The first-order valence-corrected chi connectivity index (χ1v) is 6.19. The molecule has 1 N–H and O–H groups in total. The molecule has 0 saturated carbocycles. The maximum absolute atomic E-state index is 13.8. The van der Waals surface area contributed by atoms with E-state index < -0.39 is 0 Å². The lowest BCUT2D eigenvalue weighted by Crippen LogP contribution is -2.06. The van der Waals surface area contributed by atoms with Gasteiger partial charge in [0.2, 0.25) is 0 Å². The minimum absolute atomic E-state index is 0.197. The molecule has 0 radical (unpaired) electrons. The van der Waals surface area contributed by atoms with Crippen LogP contribution in [-0.4, -0.2) is 7.05 Å². The van der Waals surface area contributed by atoms with E-state index in [1.165, 1.54) is 6.07 Å². The number of hydrogen-bond acceptors (Lipinski definition) is 1. The number of halogens is 2. The topological polar surface area (TPSA) is 12.0 Å². The standard InChI is InChI=1S/C14H13BrFN/c1-17-9-10-4-2-3-5-12(10)13-8-11(15)6-7-14(13)16/h2-8,17H,9H2,1H3. The Kier molecular flexibility index (Phi) is 3.92. The van der Waals surface area contributed by atoms with Crippen LogP contribution in [0.15, 0.2) is 46.9 Å². The first kappa shape index (κ1) is 12.3. The summed E-state index contributed by atoms with van der Waals surface area (Å²) in [6, 6.07) is 12.8. The van der Waals surface area contributed by atoms with Crippen LogP contribution in [-0.2, 0) is 6.54 Å². The van der Waals surface area contributed by atoms with Crippen molar-refractivity contribution in [3.8, 4) is 11.1 Å². The van der Waals surface area contributed by atoms with Crippen LogP contribution < -0.4 is 5.32 Å². The molecule has 2 rings (SSSR count). The Morgan fingerprint density at radius 2 is 1.88 bits per heavy atom. The van der Waals surface area contributed by atoms with Crippen LogP contribution in [0.2, 0.25) is 0 Å². The van der Waals surface area contributed by atoms with Gasteiger partial charge in [-0.3, -0.25) is 0 Å². The van der Waals surface area contributed by atoms with Crippen LogP contribution >= 0.6 is 15.9 Å². The molecule has 0 amide bonds. The first-order chi connectivity index (χ1) is 8.22. The SMILES string of the molecule is CNCc1ccccc1-c1cc(Br)ccc1F. The third-order valence-electron chi connectivity index (χ3n) is 2.60. The largest absolute Gasteiger partial charge is 0.316 e. The maximum atomic E-state index is 13.8. The molecule has 0 aliphatic carbocycles. The molecule has 2 aromatic carbocycles.